The summed E-state index contributed by atoms with van der Waals surface area (Å²) in [5.74, 6) is -2.08. The summed E-state index contributed by atoms with van der Waals surface area (Å²) in [6.45, 7) is 1.75. The Morgan fingerprint density at radius 1 is 0.892 bits per heavy atom. The van der Waals surface area contributed by atoms with Crippen LogP contribution in [0.3, 0.4) is 0 Å². The number of imide groups is 1. The molecule has 0 fully saturated rings. The number of nitro benzene ring substituents is 1. The minimum Gasteiger partial charge on any atom is -0.455 e. The summed E-state index contributed by atoms with van der Waals surface area (Å²) in [6.07, 6.45) is 1.08. The second kappa shape index (κ2) is 11.0. The minimum absolute atomic E-state index is 0.109. The van der Waals surface area contributed by atoms with E-state index < -0.39 is 40.8 Å². The Balaban J connectivity index is 1.61. The van der Waals surface area contributed by atoms with Crippen molar-refractivity contribution in [1.29, 1.82) is 0 Å². The molecule has 9 nitrogen and oxygen atoms in total. The monoisotopic (exact) mass is 500 g/mol. The van der Waals surface area contributed by atoms with Gasteiger partial charge in [0, 0.05) is 31.4 Å². The molecule has 37 heavy (non-hydrogen) atoms. The summed E-state index contributed by atoms with van der Waals surface area (Å²) in [6, 6.07) is 21.0. The van der Waals surface area contributed by atoms with Crippen LogP contribution in [0.2, 0.25) is 0 Å². The number of hydrogen-bond acceptors (Lipinski definition) is 7. The molecule has 0 unspecified atom stereocenters. The van der Waals surface area contributed by atoms with Gasteiger partial charge in [-0.25, -0.2) is 9.69 Å². The molecule has 0 N–H and O–H groups in total. The van der Waals surface area contributed by atoms with E-state index >= 15 is 0 Å². The van der Waals surface area contributed by atoms with E-state index in [4.69, 9.17) is 9.47 Å². The highest BCUT2D eigenvalue weighted by atomic mass is 16.6. The van der Waals surface area contributed by atoms with Crippen LogP contribution in [0.4, 0.5) is 5.69 Å². The molecule has 1 heterocycles. The molecule has 0 saturated heterocycles. The maximum atomic E-state index is 13.2. The first-order valence-corrected chi connectivity index (χ1v) is 11.5. The molecule has 0 bridgehead atoms. The van der Waals surface area contributed by atoms with Gasteiger partial charge < -0.3 is 9.47 Å². The third-order valence-corrected chi connectivity index (χ3v) is 6.07. The lowest BCUT2D eigenvalue weighted by Crippen LogP contribution is -2.25. The molecule has 0 spiro atoms. The molecular weight excluding hydrogens is 476 g/mol. The van der Waals surface area contributed by atoms with Gasteiger partial charge in [0.1, 0.15) is 6.10 Å². The van der Waals surface area contributed by atoms with Crippen molar-refractivity contribution in [3.63, 3.8) is 0 Å². The van der Waals surface area contributed by atoms with E-state index in [0.717, 1.165) is 4.90 Å². The van der Waals surface area contributed by atoms with Crippen molar-refractivity contribution >= 4 is 23.5 Å². The Kier molecular flexibility index (Phi) is 7.55. The number of non-ortho nitro benzene ring substituents is 1. The van der Waals surface area contributed by atoms with E-state index in [2.05, 4.69) is 0 Å². The fourth-order valence-electron chi connectivity index (χ4n) is 4.11. The summed E-state index contributed by atoms with van der Waals surface area (Å²) in [5, 5.41) is 11.1. The van der Waals surface area contributed by atoms with Gasteiger partial charge in [-0.2, -0.15) is 0 Å². The molecule has 1 aliphatic heterocycles. The molecule has 3 aromatic carbocycles. The zero-order chi connectivity index (χ0) is 26.5. The fourth-order valence-corrected chi connectivity index (χ4v) is 4.11. The number of carbonyl (C=O) groups excluding carboxylic acids is 3. The Hall–Kier alpha value is -4.63. The standard InChI is InChI=1S/C28H24N2O7/c1-18(16-17-29-26(31)22-10-6-7-11-23(22)27(29)32)24(20-12-14-21(15-13-20)30(34)35)37-28(33)25(36-2)19-8-4-3-5-9-19/h3-18,24-25H,1-2H3/b17-16-/t18-,24-,25+/m1/s1. The Morgan fingerprint density at radius 2 is 1.46 bits per heavy atom. The molecule has 1 aliphatic rings. The smallest absolute Gasteiger partial charge is 0.340 e. The number of nitrogens with zero attached hydrogens (tertiary/aromatic N) is 2. The van der Waals surface area contributed by atoms with Crippen LogP contribution >= 0.6 is 0 Å². The summed E-state index contributed by atoms with van der Waals surface area (Å²) < 4.78 is 11.3. The van der Waals surface area contributed by atoms with E-state index in [-0.39, 0.29) is 5.69 Å². The first kappa shape index (κ1) is 25.5. The highest BCUT2D eigenvalue weighted by Crippen LogP contribution is 2.32. The number of methoxy groups -OCH3 is 1. The summed E-state index contributed by atoms with van der Waals surface area (Å²) in [5.41, 5.74) is 1.62. The van der Waals surface area contributed by atoms with Gasteiger partial charge in [-0.05, 0) is 35.4 Å². The second-order valence-corrected chi connectivity index (χ2v) is 8.46. The molecule has 0 radical (unpaired) electrons. The number of fused-ring (bicyclic) bond motifs is 1. The van der Waals surface area contributed by atoms with E-state index in [9.17, 15) is 24.5 Å². The molecule has 4 rings (SSSR count). The van der Waals surface area contributed by atoms with E-state index in [1.165, 1.54) is 37.6 Å². The van der Waals surface area contributed by atoms with Gasteiger partial charge in [0.15, 0.2) is 6.10 Å². The first-order chi connectivity index (χ1) is 17.8. The van der Waals surface area contributed by atoms with Crippen molar-refractivity contribution < 1.29 is 28.8 Å². The molecule has 3 aromatic rings. The molecule has 0 aliphatic carbocycles. The first-order valence-electron chi connectivity index (χ1n) is 11.5. The van der Waals surface area contributed by atoms with Gasteiger partial charge in [0.25, 0.3) is 17.5 Å². The van der Waals surface area contributed by atoms with Crippen molar-refractivity contribution in [2.24, 2.45) is 5.92 Å². The normalized spacial score (nSPS) is 15.4. The van der Waals surface area contributed by atoms with Crippen LogP contribution in [-0.2, 0) is 14.3 Å². The van der Waals surface area contributed by atoms with Gasteiger partial charge in [-0.3, -0.25) is 19.7 Å². The molecule has 188 valence electrons. The summed E-state index contributed by atoms with van der Waals surface area (Å²) in [4.78, 5) is 50.2. The largest absolute Gasteiger partial charge is 0.455 e. The van der Waals surface area contributed by atoms with Crippen LogP contribution in [0, 0.1) is 16.0 Å². The molecule has 2 amide bonds. The lowest BCUT2D eigenvalue weighted by molar-refractivity contribution is -0.384. The van der Waals surface area contributed by atoms with Crippen LogP contribution in [0.5, 0.6) is 0 Å². The minimum atomic E-state index is -0.992. The van der Waals surface area contributed by atoms with Crippen molar-refractivity contribution in [1.82, 2.24) is 4.90 Å². The average Bonchev–Trinajstić information content (AvgIpc) is 3.16. The van der Waals surface area contributed by atoms with Gasteiger partial charge in [-0.15, -0.1) is 0 Å². The topological polar surface area (TPSA) is 116 Å². The van der Waals surface area contributed by atoms with Crippen LogP contribution in [0.15, 0.2) is 91.1 Å². The zero-order valence-electron chi connectivity index (χ0n) is 20.1. The molecule has 3 atom stereocenters. The maximum absolute atomic E-state index is 13.2. The number of amides is 2. The lowest BCUT2D eigenvalue weighted by atomic mass is 9.96. The fraction of sp³-hybridized carbons (Fsp3) is 0.179. The Labute approximate surface area is 213 Å². The predicted molar refractivity (Wildman–Crippen MR) is 133 cm³/mol. The van der Waals surface area contributed by atoms with Crippen LogP contribution in [0.1, 0.15) is 51.0 Å². The van der Waals surface area contributed by atoms with Crippen molar-refractivity contribution in [3.05, 3.63) is 124 Å². The molecular formula is C28H24N2O7. The SMILES string of the molecule is CO[C@H](C(=O)O[C@@H](c1ccc([N+](=O)[O-])cc1)[C@H](C)/C=C\N1C(=O)c2ccccc2C1=O)c1ccccc1. The average molecular weight is 501 g/mol. The van der Waals surface area contributed by atoms with Gasteiger partial charge in [-0.1, -0.05) is 55.5 Å². The van der Waals surface area contributed by atoms with Gasteiger partial charge >= 0.3 is 5.97 Å². The Morgan fingerprint density at radius 3 is 2.00 bits per heavy atom. The second-order valence-electron chi connectivity index (χ2n) is 8.46. The number of carbonyl (C=O) groups is 3. The highest BCUT2D eigenvalue weighted by molar-refractivity contribution is 6.22. The molecule has 0 aromatic heterocycles. The van der Waals surface area contributed by atoms with Gasteiger partial charge in [0.05, 0.1) is 16.1 Å². The zero-order valence-corrected chi connectivity index (χ0v) is 20.1. The maximum Gasteiger partial charge on any atom is 0.340 e. The van der Waals surface area contributed by atoms with Gasteiger partial charge in [0.2, 0.25) is 0 Å². The highest BCUT2D eigenvalue weighted by Gasteiger charge is 2.34. The van der Waals surface area contributed by atoms with E-state index in [1.54, 1.807) is 61.5 Å². The number of nitro groups is 1. The third kappa shape index (κ3) is 5.31. The summed E-state index contributed by atoms with van der Waals surface area (Å²) in [7, 11) is 1.39. The molecule has 9 heteroatoms. The lowest BCUT2D eigenvalue weighted by Gasteiger charge is -2.25. The summed E-state index contributed by atoms with van der Waals surface area (Å²) >= 11 is 0. The quantitative estimate of drug-likeness (QED) is 0.175. The number of hydrogen-bond donors (Lipinski definition) is 0. The van der Waals surface area contributed by atoms with Crippen molar-refractivity contribution in [3.8, 4) is 0 Å². The molecule has 0 saturated carbocycles. The Bertz CT molecular complexity index is 1320. The predicted octanol–water partition coefficient (Wildman–Crippen LogP) is 5.01. The van der Waals surface area contributed by atoms with Crippen LogP contribution in [-0.4, -0.2) is 34.7 Å². The van der Waals surface area contributed by atoms with Crippen molar-refractivity contribution in [2.75, 3.05) is 7.11 Å². The number of benzene rings is 3. The third-order valence-electron chi connectivity index (χ3n) is 6.07. The van der Waals surface area contributed by atoms with E-state index in [1.807, 2.05) is 6.07 Å². The van der Waals surface area contributed by atoms with Crippen LogP contribution in [0.25, 0.3) is 0 Å². The van der Waals surface area contributed by atoms with Crippen LogP contribution < -0.4 is 0 Å². The number of rotatable bonds is 9. The number of ether oxygens (including phenoxy) is 2. The van der Waals surface area contributed by atoms with E-state index in [0.29, 0.717) is 22.3 Å². The van der Waals surface area contributed by atoms with Crippen molar-refractivity contribution in [2.45, 2.75) is 19.1 Å². The number of esters is 1.